The summed E-state index contributed by atoms with van der Waals surface area (Å²) in [4.78, 5) is 37.0. The number of hydrogen-bond acceptors (Lipinski definition) is 6. The molecule has 0 saturated carbocycles. The molecule has 0 aliphatic carbocycles. The van der Waals surface area contributed by atoms with Crippen molar-refractivity contribution in [2.75, 3.05) is 20.2 Å². The van der Waals surface area contributed by atoms with Crippen molar-refractivity contribution < 1.29 is 9.53 Å². The van der Waals surface area contributed by atoms with Crippen LogP contribution in [0.3, 0.4) is 0 Å². The van der Waals surface area contributed by atoms with Crippen LogP contribution < -0.4 is 5.69 Å². The van der Waals surface area contributed by atoms with Gasteiger partial charge < -0.3 is 4.74 Å². The van der Waals surface area contributed by atoms with E-state index in [4.69, 9.17) is 4.74 Å². The zero-order valence-corrected chi connectivity index (χ0v) is 21.0. The summed E-state index contributed by atoms with van der Waals surface area (Å²) in [6.45, 7) is 2.09. The highest BCUT2D eigenvalue weighted by Crippen LogP contribution is 2.27. The molecular weight excluding hydrogens is 478 g/mol. The zero-order valence-electron chi connectivity index (χ0n) is 21.0. The van der Waals surface area contributed by atoms with Gasteiger partial charge in [-0.2, -0.15) is 0 Å². The predicted molar refractivity (Wildman–Crippen MR) is 145 cm³/mol. The molecule has 0 bridgehead atoms. The Morgan fingerprint density at radius 1 is 0.947 bits per heavy atom. The number of aromatic nitrogens is 4. The van der Waals surface area contributed by atoms with Crippen molar-refractivity contribution in [1.29, 1.82) is 0 Å². The van der Waals surface area contributed by atoms with E-state index in [-0.39, 0.29) is 17.7 Å². The number of likely N-dealkylation sites (tertiary alicyclic amines) is 1. The third kappa shape index (κ3) is 4.39. The minimum atomic E-state index is -0.379. The molecule has 0 radical (unpaired) electrons. The monoisotopic (exact) mass is 505 g/mol. The van der Waals surface area contributed by atoms with E-state index in [2.05, 4.69) is 27.0 Å². The third-order valence-corrected chi connectivity index (χ3v) is 7.10. The first-order valence-corrected chi connectivity index (χ1v) is 12.6. The summed E-state index contributed by atoms with van der Waals surface area (Å²) in [6.07, 6.45) is 4.18. The summed E-state index contributed by atoms with van der Waals surface area (Å²) < 4.78 is 8.41. The minimum Gasteiger partial charge on any atom is -0.465 e. The van der Waals surface area contributed by atoms with Crippen LogP contribution >= 0.6 is 0 Å². The molecule has 0 N–H and O–H groups in total. The molecule has 0 unspecified atom stereocenters. The van der Waals surface area contributed by atoms with Gasteiger partial charge in [-0.15, -0.1) is 0 Å². The number of rotatable bonds is 6. The lowest BCUT2D eigenvalue weighted by atomic mass is 10.1. The van der Waals surface area contributed by atoms with Crippen LogP contribution in [0.5, 0.6) is 0 Å². The van der Waals surface area contributed by atoms with Gasteiger partial charge in [-0.3, -0.25) is 19.0 Å². The number of imidazole rings is 1. The van der Waals surface area contributed by atoms with Gasteiger partial charge in [-0.1, -0.05) is 42.5 Å². The highest BCUT2D eigenvalue weighted by atomic mass is 16.5. The lowest BCUT2D eigenvalue weighted by Crippen LogP contribution is -2.29. The predicted octanol–water partition coefficient (Wildman–Crippen LogP) is 4.48. The van der Waals surface area contributed by atoms with Gasteiger partial charge in [0.05, 0.1) is 35.6 Å². The highest BCUT2D eigenvalue weighted by molar-refractivity contribution is 5.89. The molecule has 8 heteroatoms. The second kappa shape index (κ2) is 10.1. The quantitative estimate of drug-likeness (QED) is 0.317. The van der Waals surface area contributed by atoms with E-state index in [1.165, 1.54) is 7.11 Å². The van der Waals surface area contributed by atoms with Gasteiger partial charge in [-0.05, 0) is 53.9 Å². The summed E-state index contributed by atoms with van der Waals surface area (Å²) >= 11 is 0. The van der Waals surface area contributed by atoms with Gasteiger partial charge >= 0.3 is 11.7 Å². The van der Waals surface area contributed by atoms with Gasteiger partial charge in [0.1, 0.15) is 0 Å². The largest absolute Gasteiger partial charge is 0.465 e. The van der Waals surface area contributed by atoms with Crippen molar-refractivity contribution in [2.45, 2.75) is 19.0 Å². The SMILES string of the molecule is COC(=O)c1ccnc(CN2CC[C@H](n3c(=O)n(-c4ccc(-c5ccccc5)cc4)c4cccnc43)C2)c1. The summed E-state index contributed by atoms with van der Waals surface area (Å²) in [6, 6.07) is 25.4. The topological polar surface area (TPSA) is 82.3 Å². The lowest BCUT2D eigenvalue weighted by molar-refractivity contribution is 0.0600. The number of benzene rings is 2. The Balaban J connectivity index is 1.29. The summed E-state index contributed by atoms with van der Waals surface area (Å²) in [5.74, 6) is -0.379. The molecular formula is C30H27N5O3. The van der Waals surface area contributed by atoms with Crippen molar-refractivity contribution >= 4 is 17.1 Å². The fraction of sp³-hybridized carbons (Fsp3) is 0.200. The Kier molecular flexibility index (Phi) is 6.31. The molecule has 2 aromatic carbocycles. The zero-order chi connectivity index (χ0) is 26.1. The third-order valence-electron chi connectivity index (χ3n) is 7.10. The van der Waals surface area contributed by atoms with E-state index in [0.29, 0.717) is 24.3 Å². The number of carbonyl (C=O) groups excluding carboxylic acids is 1. The molecule has 3 aromatic heterocycles. The standard InChI is InChI=1S/C30H27N5O3/c1-38-29(36)23-13-16-31-24(18-23)19-33-17-14-26(20-33)35-28-27(8-5-15-32-28)34(30(35)37)25-11-9-22(10-12-25)21-6-3-2-4-7-21/h2-13,15-16,18,26H,14,17,19-20H2,1H3/t26-/m0/s1. The molecule has 190 valence electrons. The van der Waals surface area contributed by atoms with E-state index >= 15 is 0 Å². The molecule has 38 heavy (non-hydrogen) atoms. The molecule has 1 fully saturated rings. The lowest BCUT2D eigenvalue weighted by Gasteiger charge is -2.16. The second-order valence-corrected chi connectivity index (χ2v) is 9.45. The average molecular weight is 506 g/mol. The Labute approximate surface area is 219 Å². The Hall–Kier alpha value is -4.56. The molecule has 0 amide bonds. The van der Waals surface area contributed by atoms with E-state index < -0.39 is 0 Å². The fourth-order valence-electron chi connectivity index (χ4n) is 5.27. The number of pyridine rings is 2. The Morgan fingerprint density at radius 2 is 1.74 bits per heavy atom. The van der Waals surface area contributed by atoms with Gasteiger partial charge in [0.25, 0.3) is 0 Å². The van der Waals surface area contributed by atoms with Crippen molar-refractivity contribution in [1.82, 2.24) is 24.0 Å². The first-order valence-electron chi connectivity index (χ1n) is 12.6. The molecule has 1 atom stereocenters. The van der Waals surface area contributed by atoms with Gasteiger partial charge in [0.2, 0.25) is 0 Å². The second-order valence-electron chi connectivity index (χ2n) is 9.45. The van der Waals surface area contributed by atoms with Crippen LogP contribution in [-0.2, 0) is 11.3 Å². The maximum Gasteiger partial charge on any atom is 0.337 e. The number of methoxy groups -OCH3 is 1. The molecule has 5 aromatic rings. The summed E-state index contributed by atoms with van der Waals surface area (Å²) in [5, 5.41) is 0. The van der Waals surface area contributed by atoms with Crippen LogP contribution in [0.4, 0.5) is 0 Å². The van der Waals surface area contributed by atoms with Gasteiger partial charge in [-0.25, -0.2) is 14.6 Å². The van der Waals surface area contributed by atoms with Crippen molar-refractivity contribution in [3.05, 3.63) is 113 Å². The maximum absolute atomic E-state index is 13.9. The van der Waals surface area contributed by atoms with Crippen molar-refractivity contribution in [2.24, 2.45) is 0 Å². The average Bonchev–Trinajstić information content (AvgIpc) is 3.54. The number of fused-ring (bicyclic) bond motifs is 1. The Bertz CT molecular complexity index is 1660. The first-order chi connectivity index (χ1) is 18.6. The van der Waals surface area contributed by atoms with E-state index in [0.717, 1.165) is 41.0 Å². The minimum absolute atomic E-state index is 0.0199. The maximum atomic E-state index is 13.9. The van der Waals surface area contributed by atoms with Crippen LogP contribution in [-0.4, -0.2) is 50.2 Å². The molecule has 4 heterocycles. The molecule has 0 spiro atoms. The Morgan fingerprint density at radius 3 is 2.53 bits per heavy atom. The highest BCUT2D eigenvalue weighted by Gasteiger charge is 2.29. The normalized spacial score (nSPS) is 15.7. The summed E-state index contributed by atoms with van der Waals surface area (Å²) in [5.41, 5.74) is 5.69. The molecule has 1 aliphatic heterocycles. The number of esters is 1. The fourth-order valence-corrected chi connectivity index (χ4v) is 5.27. The number of hydrogen-bond donors (Lipinski definition) is 0. The van der Waals surface area contributed by atoms with E-state index in [1.807, 2.05) is 59.2 Å². The number of nitrogens with zero attached hydrogens (tertiary/aromatic N) is 5. The van der Waals surface area contributed by atoms with Gasteiger partial charge in [0, 0.05) is 32.0 Å². The molecule has 1 aliphatic rings. The van der Waals surface area contributed by atoms with Crippen molar-refractivity contribution in [3.63, 3.8) is 0 Å². The van der Waals surface area contributed by atoms with E-state index in [1.54, 1.807) is 29.1 Å². The van der Waals surface area contributed by atoms with Crippen LogP contribution in [0.2, 0.25) is 0 Å². The number of carbonyl (C=O) groups is 1. The van der Waals surface area contributed by atoms with Crippen LogP contribution in [0, 0.1) is 0 Å². The first kappa shape index (κ1) is 23.8. The number of ether oxygens (including phenoxy) is 1. The molecule has 6 rings (SSSR count). The summed E-state index contributed by atoms with van der Waals surface area (Å²) in [7, 11) is 1.37. The van der Waals surface area contributed by atoms with Crippen LogP contribution in [0.1, 0.15) is 28.5 Å². The molecule has 8 nitrogen and oxygen atoms in total. The van der Waals surface area contributed by atoms with E-state index in [9.17, 15) is 9.59 Å². The van der Waals surface area contributed by atoms with Crippen molar-refractivity contribution in [3.8, 4) is 16.8 Å². The van der Waals surface area contributed by atoms with Crippen LogP contribution in [0.15, 0.2) is 96.1 Å². The smallest absolute Gasteiger partial charge is 0.337 e. The van der Waals surface area contributed by atoms with Crippen LogP contribution in [0.25, 0.3) is 28.0 Å². The molecule has 1 saturated heterocycles. The van der Waals surface area contributed by atoms with Gasteiger partial charge in [0.15, 0.2) is 5.65 Å².